The molecule has 2 bridgehead atoms. The van der Waals surface area contributed by atoms with Gasteiger partial charge < -0.3 is 14.6 Å². The Morgan fingerprint density at radius 2 is 2.08 bits per heavy atom. The van der Waals surface area contributed by atoms with Crippen LogP contribution in [0.5, 0.6) is 0 Å². The van der Waals surface area contributed by atoms with E-state index in [1.54, 1.807) is 32.9 Å². The highest BCUT2D eigenvalue weighted by atomic mass is 16.6. The Kier molecular flexibility index (Phi) is 4.43. The van der Waals surface area contributed by atoms with Crippen molar-refractivity contribution in [2.45, 2.75) is 46.0 Å². The van der Waals surface area contributed by atoms with Crippen LogP contribution in [0.15, 0.2) is 36.0 Å². The average Bonchev–Trinajstić information content (AvgIpc) is 2.89. The summed E-state index contributed by atoms with van der Waals surface area (Å²) in [5.74, 6) is -2.93. The van der Waals surface area contributed by atoms with Gasteiger partial charge >= 0.3 is 11.9 Å². The van der Waals surface area contributed by atoms with Gasteiger partial charge in [-0.3, -0.25) is 4.79 Å². The zero-order valence-electron chi connectivity index (χ0n) is 15.4. The second-order valence-electron chi connectivity index (χ2n) is 7.60. The summed E-state index contributed by atoms with van der Waals surface area (Å²) in [6, 6.07) is 0. The molecular formula is C20H24O6. The van der Waals surface area contributed by atoms with Gasteiger partial charge in [0.05, 0.1) is 11.3 Å². The molecule has 0 radical (unpaired) electrons. The Labute approximate surface area is 152 Å². The van der Waals surface area contributed by atoms with Crippen molar-refractivity contribution in [3.05, 3.63) is 36.0 Å². The molecule has 3 aliphatic rings. The van der Waals surface area contributed by atoms with Gasteiger partial charge in [-0.05, 0) is 32.8 Å². The predicted octanol–water partition coefficient (Wildman–Crippen LogP) is 1.73. The average molecular weight is 360 g/mol. The third-order valence-electron chi connectivity index (χ3n) is 6.28. The summed E-state index contributed by atoms with van der Waals surface area (Å²) in [5.41, 5.74) is -0.685. The molecule has 2 fully saturated rings. The van der Waals surface area contributed by atoms with Crippen LogP contribution in [0.1, 0.15) is 27.7 Å². The summed E-state index contributed by atoms with van der Waals surface area (Å²) in [5, 5.41) is 10.9. The summed E-state index contributed by atoms with van der Waals surface area (Å²) in [4.78, 5) is 37.6. The summed E-state index contributed by atoms with van der Waals surface area (Å²) in [6.45, 7) is 10.6. The molecule has 26 heavy (non-hydrogen) atoms. The van der Waals surface area contributed by atoms with Crippen LogP contribution >= 0.6 is 0 Å². The first-order valence-electron chi connectivity index (χ1n) is 8.79. The monoisotopic (exact) mass is 360 g/mol. The van der Waals surface area contributed by atoms with Crippen LogP contribution in [0.4, 0.5) is 0 Å². The van der Waals surface area contributed by atoms with Crippen molar-refractivity contribution in [3.8, 4) is 0 Å². The van der Waals surface area contributed by atoms with Crippen LogP contribution in [0, 0.1) is 23.2 Å². The maximum atomic E-state index is 12.8. The van der Waals surface area contributed by atoms with Crippen molar-refractivity contribution in [1.82, 2.24) is 0 Å². The Balaban J connectivity index is 2.15. The second kappa shape index (κ2) is 6.20. The van der Waals surface area contributed by atoms with E-state index in [4.69, 9.17) is 9.47 Å². The number of aliphatic hydroxyl groups excluding tert-OH is 1. The number of esters is 2. The van der Waals surface area contributed by atoms with E-state index in [-0.39, 0.29) is 23.2 Å². The SMILES string of the molecule is C=C1C(=O)O[C@H]2[C@@H](C)[C@@H]3C=CC(=O)[C@@]3(C)[C@@H](OC(=O)/C(C)=C/C)[C@@H]1[C@@H]2O. The molecule has 0 amide bonds. The zero-order valence-corrected chi connectivity index (χ0v) is 15.4. The van der Waals surface area contributed by atoms with Crippen molar-refractivity contribution in [3.63, 3.8) is 0 Å². The molecule has 0 spiro atoms. The van der Waals surface area contributed by atoms with E-state index in [2.05, 4.69) is 6.58 Å². The van der Waals surface area contributed by atoms with Crippen molar-refractivity contribution in [2.24, 2.45) is 23.2 Å². The molecule has 3 rings (SSSR count). The van der Waals surface area contributed by atoms with Crippen molar-refractivity contribution in [2.75, 3.05) is 0 Å². The molecule has 0 aromatic rings. The van der Waals surface area contributed by atoms with Crippen LogP contribution in [-0.4, -0.2) is 41.1 Å². The number of fused-ring (bicyclic) bond motifs is 3. The molecule has 1 saturated carbocycles. The van der Waals surface area contributed by atoms with E-state index >= 15 is 0 Å². The van der Waals surface area contributed by atoms with Crippen molar-refractivity contribution >= 4 is 17.7 Å². The molecular weight excluding hydrogens is 336 g/mol. The van der Waals surface area contributed by atoms with Gasteiger partial charge in [0.1, 0.15) is 18.3 Å². The van der Waals surface area contributed by atoms with Crippen molar-refractivity contribution in [1.29, 1.82) is 0 Å². The number of ether oxygens (including phenoxy) is 2. The van der Waals surface area contributed by atoms with E-state index in [0.717, 1.165) is 0 Å². The van der Waals surface area contributed by atoms with Crippen LogP contribution in [0.3, 0.4) is 0 Å². The molecule has 0 aromatic heterocycles. The first kappa shape index (κ1) is 18.6. The van der Waals surface area contributed by atoms with Crippen LogP contribution in [0.2, 0.25) is 0 Å². The number of carbonyl (C=O) groups is 3. The molecule has 1 saturated heterocycles. The molecule has 0 unspecified atom stereocenters. The molecule has 0 aromatic carbocycles. The fourth-order valence-electron chi connectivity index (χ4n) is 4.48. The van der Waals surface area contributed by atoms with Gasteiger partial charge in [-0.15, -0.1) is 0 Å². The molecule has 7 atom stereocenters. The highest BCUT2D eigenvalue weighted by molar-refractivity contribution is 5.99. The Morgan fingerprint density at radius 1 is 1.42 bits per heavy atom. The standard InChI is InChI=1S/C20H24O6/c1-6-9(2)18(23)26-17-14-11(4)19(24)25-16(15(14)22)10(3)12-7-8-13(21)20(12,17)5/h6-8,10,12,14-17,22H,4H2,1-3,5H3/b9-6+/t10-,12-,14-,15-,16-,17-,20-/m0/s1. The van der Waals surface area contributed by atoms with Crippen molar-refractivity contribution < 1.29 is 29.0 Å². The molecule has 2 aliphatic carbocycles. The quantitative estimate of drug-likeness (QED) is 0.596. The number of hydrogen-bond acceptors (Lipinski definition) is 6. The summed E-state index contributed by atoms with van der Waals surface area (Å²) in [7, 11) is 0. The summed E-state index contributed by atoms with van der Waals surface area (Å²) in [6.07, 6.45) is 1.97. The normalized spacial score (nSPS) is 42.2. The molecule has 140 valence electrons. The van der Waals surface area contributed by atoms with E-state index < -0.39 is 41.6 Å². The number of allylic oxidation sites excluding steroid dienone is 3. The molecule has 6 heteroatoms. The smallest absolute Gasteiger partial charge is 0.334 e. The lowest BCUT2D eigenvalue weighted by atomic mass is 9.67. The first-order valence-corrected chi connectivity index (χ1v) is 8.79. The minimum Gasteiger partial charge on any atom is -0.457 e. The van der Waals surface area contributed by atoms with Gasteiger partial charge in [-0.2, -0.15) is 0 Å². The fourth-order valence-corrected chi connectivity index (χ4v) is 4.48. The van der Waals surface area contributed by atoms with Gasteiger partial charge in [-0.25, -0.2) is 9.59 Å². The van der Waals surface area contributed by atoms with Gasteiger partial charge in [0.15, 0.2) is 5.78 Å². The van der Waals surface area contributed by atoms with E-state index in [9.17, 15) is 19.5 Å². The Bertz CT molecular complexity index is 747. The van der Waals surface area contributed by atoms with Gasteiger partial charge in [0.2, 0.25) is 0 Å². The highest BCUT2D eigenvalue weighted by Gasteiger charge is 2.64. The van der Waals surface area contributed by atoms with Crippen LogP contribution in [0.25, 0.3) is 0 Å². The highest BCUT2D eigenvalue weighted by Crippen LogP contribution is 2.54. The third kappa shape index (κ3) is 2.39. The Hall–Kier alpha value is -2.21. The summed E-state index contributed by atoms with van der Waals surface area (Å²) >= 11 is 0. The van der Waals surface area contributed by atoms with Crippen LogP contribution in [-0.2, 0) is 23.9 Å². The van der Waals surface area contributed by atoms with E-state index in [0.29, 0.717) is 5.57 Å². The molecule has 1 heterocycles. The molecule has 1 N–H and O–H groups in total. The van der Waals surface area contributed by atoms with Gasteiger partial charge in [0.25, 0.3) is 0 Å². The topological polar surface area (TPSA) is 89.9 Å². The maximum Gasteiger partial charge on any atom is 0.334 e. The first-order chi connectivity index (χ1) is 12.1. The lowest BCUT2D eigenvalue weighted by molar-refractivity contribution is -0.176. The van der Waals surface area contributed by atoms with Gasteiger partial charge in [0, 0.05) is 17.1 Å². The van der Waals surface area contributed by atoms with Crippen LogP contribution < -0.4 is 0 Å². The minimum absolute atomic E-state index is 0.0263. The van der Waals surface area contributed by atoms with E-state index in [1.807, 2.05) is 6.92 Å². The fraction of sp³-hybridized carbons (Fsp3) is 0.550. The molecule has 6 nitrogen and oxygen atoms in total. The predicted molar refractivity (Wildman–Crippen MR) is 92.7 cm³/mol. The number of rotatable bonds is 2. The number of aliphatic hydroxyl groups is 1. The number of hydrogen-bond donors (Lipinski definition) is 1. The summed E-state index contributed by atoms with van der Waals surface area (Å²) < 4.78 is 11.1. The van der Waals surface area contributed by atoms with E-state index in [1.165, 1.54) is 6.08 Å². The second-order valence-corrected chi connectivity index (χ2v) is 7.60. The van der Waals surface area contributed by atoms with Gasteiger partial charge in [-0.1, -0.05) is 25.7 Å². The number of ketones is 1. The Morgan fingerprint density at radius 3 is 2.69 bits per heavy atom. The number of carbonyl (C=O) groups excluding carboxylic acids is 3. The lowest BCUT2D eigenvalue weighted by Gasteiger charge is -2.41. The zero-order chi connectivity index (χ0) is 19.4. The lowest BCUT2D eigenvalue weighted by Crippen LogP contribution is -2.53. The largest absolute Gasteiger partial charge is 0.457 e. The molecule has 1 aliphatic heterocycles. The maximum absolute atomic E-state index is 12.8. The minimum atomic E-state index is -1.10. The third-order valence-corrected chi connectivity index (χ3v) is 6.28.